The molecule has 0 aliphatic carbocycles. The van der Waals surface area contributed by atoms with Crippen molar-refractivity contribution in [3.63, 3.8) is 0 Å². The third-order valence-electron chi connectivity index (χ3n) is 6.67. The highest BCUT2D eigenvalue weighted by Gasteiger charge is 2.40. The summed E-state index contributed by atoms with van der Waals surface area (Å²) in [6, 6.07) is 7.34. The van der Waals surface area contributed by atoms with Crippen molar-refractivity contribution < 1.29 is 27.8 Å². The largest absolute Gasteiger partial charge is 0.491 e. The number of hydrogen-bond acceptors (Lipinski definition) is 10. The Morgan fingerprint density at radius 3 is 2.82 bits per heavy atom. The molecule has 1 unspecified atom stereocenters. The quantitative estimate of drug-likeness (QED) is 0.367. The van der Waals surface area contributed by atoms with Crippen molar-refractivity contribution in [3.8, 4) is 17.1 Å². The summed E-state index contributed by atoms with van der Waals surface area (Å²) in [4.78, 5) is 11.5. The molecule has 0 radical (unpaired) electrons. The van der Waals surface area contributed by atoms with Crippen LogP contribution in [0.1, 0.15) is 23.6 Å². The number of likely N-dealkylation sites (N-methyl/N-ethyl adjacent to an activating group) is 1. The summed E-state index contributed by atoms with van der Waals surface area (Å²) in [5, 5.41) is 23.5. The van der Waals surface area contributed by atoms with Crippen molar-refractivity contribution in [1.82, 2.24) is 30.0 Å². The average Bonchev–Trinajstić information content (AvgIpc) is 3.58. The van der Waals surface area contributed by atoms with Gasteiger partial charge in [0.15, 0.2) is 11.6 Å². The Bertz CT molecular complexity index is 1300. The fourth-order valence-electron chi connectivity index (χ4n) is 4.68. The molecule has 5 rings (SSSR count). The third kappa shape index (κ3) is 6.07. The van der Waals surface area contributed by atoms with Crippen molar-refractivity contribution in [2.24, 2.45) is 0 Å². The van der Waals surface area contributed by atoms with Crippen LogP contribution in [-0.4, -0.2) is 81.9 Å². The first-order valence-electron chi connectivity index (χ1n) is 12.8. The zero-order valence-electron chi connectivity index (χ0n) is 21.7. The van der Waals surface area contributed by atoms with Crippen LogP contribution in [0.3, 0.4) is 0 Å². The second-order valence-electron chi connectivity index (χ2n) is 9.61. The smallest absolute Gasteiger partial charge is 0.451 e. The zero-order valence-corrected chi connectivity index (χ0v) is 21.7. The van der Waals surface area contributed by atoms with Gasteiger partial charge in [-0.25, -0.2) is 9.97 Å². The molecule has 3 aromatic rings. The molecule has 210 valence electrons. The Morgan fingerprint density at radius 2 is 2.08 bits per heavy atom. The van der Waals surface area contributed by atoms with Crippen molar-refractivity contribution >= 4 is 11.6 Å². The van der Waals surface area contributed by atoms with Crippen LogP contribution in [0, 0.1) is 6.92 Å². The number of aliphatic hydroxyl groups is 1. The Labute approximate surface area is 223 Å². The van der Waals surface area contributed by atoms with Gasteiger partial charge in [0, 0.05) is 37.4 Å². The summed E-state index contributed by atoms with van der Waals surface area (Å²) in [5.74, 6) is 1.45. The molecule has 0 spiro atoms. The van der Waals surface area contributed by atoms with Gasteiger partial charge in [0.1, 0.15) is 30.1 Å². The van der Waals surface area contributed by atoms with Gasteiger partial charge < -0.3 is 34.7 Å². The lowest BCUT2D eigenvalue weighted by molar-refractivity contribution is -0.147. The van der Waals surface area contributed by atoms with Crippen LogP contribution in [0.4, 0.5) is 24.8 Å². The summed E-state index contributed by atoms with van der Waals surface area (Å²) < 4.78 is 52.4. The van der Waals surface area contributed by atoms with Gasteiger partial charge in [0.2, 0.25) is 5.82 Å². The van der Waals surface area contributed by atoms with Gasteiger partial charge in [0.05, 0.1) is 19.2 Å². The van der Waals surface area contributed by atoms with E-state index in [1.165, 1.54) is 0 Å². The monoisotopic (exact) mass is 548 g/mol. The Balaban J connectivity index is 1.47. The maximum absolute atomic E-state index is 13.3. The predicted molar refractivity (Wildman–Crippen MR) is 137 cm³/mol. The summed E-state index contributed by atoms with van der Waals surface area (Å²) >= 11 is 0. The molecule has 2 aromatic heterocycles. The summed E-state index contributed by atoms with van der Waals surface area (Å²) in [7, 11) is 1.75. The molecule has 1 fully saturated rings. The molecule has 0 saturated carbocycles. The number of alkyl halides is 3. The zero-order chi connectivity index (χ0) is 27.6. The maximum atomic E-state index is 13.3. The van der Waals surface area contributed by atoms with E-state index in [2.05, 4.69) is 20.8 Å². The number of anilines is 2. The number of halogens is 3. The first kappa shape index (κ1) is 27.1. The highest BCUT2D eigenvalue weighted by Crippen LogP contribution is 2.34. The van der Waals surface area contributed by atoms with E-state index in [-0.39, 0.29) is 31.6 Å². The van der Waals surface area contributed by atoms with Crippen molar-refractivity contribution in [3.05, 3.63) is 41.5 Å². The molecule has 39 heavy (non-hydrogen) atoms. The molecule has 14 heteroatoms. The molecule has 2 aliphatic heterocycles. The van der Waals surface area contributed by atoms with E-state index in [0.29, 0.717) is 55.1 Å². The third-order valence-corrected chi connectivity index (χ3v) is 6.67. The minimum absolute atomic E-state index is 0.0768. The van der Waals surface area contributed by atoms with E-state index < -0.39 is 18.1 Å². The fraction of sp³-hybridized carbons (Fsp3) is 0.520. The highest BCUT2D eigenvalue weighted by molar-refractivity contribution is 5.67. The fourth-order valence-corrected chi connectivity index (χ4v) is 4.68. The second kappa shape index (κ2) is 11.3. The van der Waals surface area contributed by atoms with E-state index in [4.69, 9.17) is 19.4 Å². The molecule has 1 saturated heterocycles. The van der Waals surface area contributed by atoms with Gasteiger partial charge >= 0.3 is 6.18 Å². The van der Waals surface area contributed by atoms with Gasteiger partial charge in [-0.15, -0.1) is 10.2 Å². The van der Waals surface area contributed by atoms with Crippen molar-refractivity contribution in [1.29, 1.82) is 0 Å². The van der Waals surface area contributed by atoms with E-state index in [1.54, 1.807) is 19.2 Å². The van der Waals surface area contributed by atoms with E-state index >= 15 is 0 Å². The molecule has 0 amide bonds. The minimum atomic E-state index is -4.57. The molecular formula is C25H31F3N8O3. The number of rotatable bonds is 9. The predicted octanol–water partition coefficient (Wildman–Crippen LogP) is 2.24. The number of benzene rings is 1. The van der Waals surface area contributed by atoms with Crippen LogP contribution >= 0.6 is 0 Å². The number of nitrogens with one attached hydrogen (secondary N) is 2. The number of nitrogens with zero attached hydrogens (tertiary/aromatic N) is 6. The van der Waals surface area contributed by atoms with E-state index in [9.17, 15) is 18.3 Å². The minimum Gasteiger partial charge on any atom is -0.491 e. The Kier molecular flexibility index (Phi) is 7.86. The maximum Gasteiger partial charge on any atom is 0.451 e. The van der Waals surface area contributed by atoms with E-state index in [1.807, 2.05) is 24.0 Å². The lowest BCUT2D eigenvalue weighted by Crippen LogP contribution is -2.36. The van der Waals surface area contributed by atoms with Gasteiger partial charge in [-0.2, -0.15) is 13.2 Å². The molecule has 3 N–H and O–H groups in total. The van der Waals surface area contributed by atoms with Gasteiger partial charge in [0.25, 0.3) is 0 Å². The lowest BCUT2D eigenvalue weighted by Gasteiger charge is -2.31. The van der Waals surface area contributed by atoms with Crippen molar-refractivity contribution in [2.75, 3.05) is 50.2 Å². The molecule has 11 nitrogen and oxygen atoms in total. The van der Waals surface area contributed by atoms with E-state index in [0.717, 1.165) is 16.6 Å². The summed E-state index contributed by atoms with van der Waals surface area (Å²) in [6.45, 7) is 4.12. The average molecular weight is 549 g/mol. The standard InChI is InChI=1S/C25H31F3N8O3/c1-15-21(30-17-6-9-38-13-17)31-22(16-4-3-5-19(10-16)39-14-18(37)11-29-2)32-23(15)35-7-8-36-20(12-35)33-34-24(36)25(26,27)28/h3-5,10,17-18,29,37H,6-9,11-14H2,1-2H3,(H,30,31,32)/t17-,18?/m1/s1. The van der Waals surface area contributed by atoms with Crippen LogP contribution < -0.4 is 20.3 Å². The number of aromatic nitrogens is 5. The molecule has 0 bridgehead atoms. The number of ether oxygens (including phenoxy) is 2. The lowest BCUT2D eigenvalue weighted by atomic mass is 10.1. The van der Waals surface area contributed by atoms with Crippen molar-refractivity contribution in [2.45, 2.75) is 44.8 Å². The molecule has 2 atom stereocenters. The van der Waals surface area contributed by atoms with Gasteiger partial charge in [-0.1, -0.05) is 12.1 Å². The molecular weight excluding hydrogens is 517 g/mol. The summed E-state index contributed by atoms with van der Waals surface area (Å²) in [5.41, 5.74) is 1.47. The Morgan fingerprint density at radius 1 is 1.23 bits per heavy atom. The second-order valence-corrected chi connectivity index (χ2v) is 9.61. The normalized spacial score (nSPS) is 18.2. The topological polar surface area (TPSA) is 122 Å². The molecule has 1 aromatic carbocycles. The highest BCUT2D eigenvalue weighted by atomic mass is 19.4. The summed E-state index contributed by atoms with van der Waals surface area (Å²) in [6.07, 6.45) is -4.40. The van der Waals surface area contributed by atoms with Gasteiger partial charge in [-0.3, -0.25) is 0 Å². The van der Waals surface area contributed by atoms with Gasteiger partial charge in [-0.05, 0) is 32.5 Å². The number of aliphatic hydroxyl groups excluding tert-OH is 1. The SMILES string of the molecule is CNCC(O)COc1cccc(-c2nc(N[C@@H]3CCOC3)c(C)c(N3CCn4c(nnc4C(F)(F)F)C3)n2)c1. The first-order chi connectivity index (χ1) is 18.7. The van der Waals surface area contributed by atoms with Crippen LogP contribution in [0.15, 0.2) is 24.3 Å². The Hall–Kier alpha value is -3.49. The van der Waals surface area contributed by atoms with Crippen LogP contribution in [0.25, 0.3) is 11.4 Å². The number of fused-ring (bicyclic) bond motifs is 1. The first-order valence-corrected chi connectivity index (χ1v) is 12.8. The van der Waals surface area contributed by atoms with Crippen LogP contribution in [0.5, 0.6) is 5.75 Å². The molecule has 2 aliphatic rings. The van der Waals surface area contributed by atoms with Crippen LogP contribution in [0.2, 0.25) is 0 Å². The molecule has 4 heterocycles. The number of hydrogen-bond donors (Lipinski definition) is 3. The van der Waals surface area contributed by atoms with Crippen LogP contribution in [-0.2, 0) is 24.0 Å².